The number of ether oxygens (including phenoxy) is 3. The Morgan fingerprint density at radius 2 is 1.23 bits per heavy atom. The molecule has 0 aromatic heterocycles. The van der Waals surface area contributed by atoms with Crippen molar-refractivity contribution in [2.24, 2.45) is 10.8 Å². The number of hydrogen-bond donors (Lipinski definition) is 0. The van der Waals surface area contributed by atoms with E-state index in [0.717, 1.165) is 34.5 Å². The molecule has 2 unspecified atom stereocenters. The summed E-state index contributed by atoms with van der Waals surface area (Å²) in [4.78, 5) is 2.32. The second-order valence-corrected chi connectivity index (χ2v) is 10.1. The van der Waals surface area contributed by atoms with Gasteiger partial charge in [0.1, 0.15) is 11.5 Å². The minimum absolute atomic E-state index is 0.172. The highest BCUT2D eigenvalue weighted by molar-refractivity contribution is 7.99. The Morgan fingerprint density at radius 1 is 0.769 bits per heavy atom. The van der Waals surface area contributed by atoms with E-state index in [1.54, 1.807) is 11.8 Å². The number of fused-ring (bicyclic) bond motifs is 2. The van der Waals surface area contributed by atoms with E-state index in [0.29, 0.717) is 0 Å². The van der Waals surface area contributed by atoms with E-state index in [9.17, 15) is 0 Å². The monoisotopic (exact) mass is 368 g/mol. The lowest BCUT2D eigenvalue weighted by Gasteiger charge is -2.45. The highest BCUT2D eigenvalue weighted by Gasteiger charge is 2.42. The van der Waals surface area contributed by atoms with Gasteiger partial charge in [-0.05, 0) is 35.4 Å². The first-order chi connectivity index (χ1) is 12.3. The second kappa shape index (κ2) is 5.51. The normalized spacial score (nSPS) is 27.4. The van der Waals surface area contributed by atoms with E-state index in [-0.39, 0.29) is 23.0 Å². The highest BCUT2D eigenvalue weighted by Crippen LogP contribution is 2.53. The van der Waals surface area contributed by atoms with Gasteiger partial charge in [-0.1, -0.05) is 51.6 Å². The summed E-state index contributed by atoms with van der Waals surface area (Å²) < 4.78 is 17.8. The molecular weight excluding hydrogens is 344 g/mol. The molecule has 3 nitrogen and oxygen atoms in total. The summed E-state index contributed by atoms with van der Waals surface area (Å²) in [5.41, 5.74) is 2.87. The molecule has 0 spiro atoms. The fourth-order valence-corrected chi connectivity index (χ4v) is 5.08. The molecule has 3 aliphatic heterocycles. The summed E-state index contributed by atoms with van der Waals surface area (Å²) in [6.45, 7) is 10.7. The lowest BCUT2D eigenvalue weighted by atomic mass is 9.79. The Morgan fingerprint density at radius 3 is 1.58 bits per heavy atom. The Labute approximate surface area is 159 Å². The molecule has 2 fully saturated rings. The zero-order valence-electron chi connectivity index (χ0n) is 15.7. The first-order valence-electron chi connectivity index (χ1n) is 9.20. The van der Waals surface area contributed by atoms with Crippen LogP contribution in [0.5, 0.6) is 11.5 Å². The first-order valence-corrected chi connectivity index (χ1v) is 10.0. The molecular formula is C22H24O3S. The predicted molar refractivity (Wildman–Crippen MR) is 102 cm³/mol. The minimum atomic E-state index is 0.172. The van der Waals surface area contributed by atoms with Gasteiger partial charge in [-0.3, -0.25) is 0 Å². The Kier molecular flexibility index (Phi) is 3.53. The third-order valence-electron chi connectivity index (χ3n) is 5.64. The van der Waals surface area contributed by atoms with Crippen molar-refractivity contribution in [3.05, 3.63) is 47.5 Å². The Balaban J connectivity index is 1.45. The predicted octanol–water partition coefficient (Wildman–Crippen LogP) is 6.14. The van der Waals surface area contributed by atoms with Crippen molar-refractivity contribution < 1.29 is 14.2 Å². The van der Waals surface area contributed by atoms with Crippen molar-refractivity contribution in [1.82, 2.24) is 0 Å². The van der Waals surface area contributed by atoms with E-state index in [2.05, 4.69) is 64.1 Å². The molecule has 0 N–H and O–H groups in total. The van der Waals surface area contributed by atoms with Gasteiger partial charge in [-0.15, -0.1) is 0 Å². The lowest BCUT2D eigenvalue weighted by Crippen LogP contribution is -2.40. The van der Waals surface area contributed by atoms with Gasteiger partial charge in [0.2, 0.25) is 0 Å². The molecule has 0 aliphatic carbocycles. The van der Waals surface area contributed by atoms with Gasteiger partial charge in [-0.25, -0.2) is 0 Å². The smallest absolute Gasteiger partial charge is 0.141 e. The van der Waals surface area contributed by atoms with Crippen LogP contribution >= 0.6 is 11.8 Å². The molecule has 2 saturated heterocycles. The summed E-state index contributed by atoms with van der Waals surface area (Å²) >= 11 is 1.78. The van der Waals surface area contributed by atoms with E-state index in [1.807, 2.05) is 0 Å². The fourth-order valence-electron chi connectivity index (χ4n) is 4.04. The number of benzene rings is 2. The van der Waals surface area contributed by atoms with Gasteiger partial charge >= 0.3 is 0 Å². The zero-order chi connectivity index (χ0) is 18.1. The summed E-state index contributed by atoms with van der Waals surface area (Å²) in [5, 5.41) is 0. The van der Waals surface area contributed by atoms with Crippen molar-refractivity contribution >= 4 is 11.8 Å². The first kappa shape index (κ1) is 16.7. The molecule has 4 heteroatoms. The minimum Gasteiger partial charge on any atom is -0.455 e. The van der Waals surface area contributed by atoms with Crippen molar-refractivity contribution in [2.45, 2.75) is 49.7 Å². The maximum absolute atomic E-state index is 6.15. The van der Waals surface area contributed by atoms with Crippen LogP contribution in [0.3, 0.4) is 0 Å². The van der Waals surface area contributed by atoms with E-state index in [1.165, 1.54) is 11.1 Å². The molecule has 0 radical (unpaired) electrons. The van der Waals surface area contributed by atoms with Crippen LogP contribution in [-0.4, -0.2) is 13.2 Å². The van der Waals surface area contributed by atoms with Crippen LogP contribution < -0.4 is 4.74 Å². The maximum Gasteiger partial charge on any atom is 0.141 e. The number of rotatable bonds is 2. The van der Waals surface area contributed by atoms with Gasteiger partial charge in [0, 0.05) is 10.8 Å². The van der Waals surface area contributed by atoms with Crippen LogP contribution in [-0.2, 0) is 9.47 Å². The van der Waals surface area contributed by atoms with Gasteiger partial charge in [-0.2, -0.15) is 0 Å². The molecule has 2 atom stereocenters. The van der Waals surface area contributed by atoms with Gasteiger partial charge in [0.15, 0.2) is 0 Å². The topological polar surface area (TPSA) is 27.7 Å². The highest BCUT2D eigenvalue weighted by atomic mass is 32.2. The summed E-state index contributed by atoms with van der Waals surface area (Å²) in [7, 11) is 0. The summed E-state index contributed by atoms with van der Waals surface area (Å²) in [6, 6.07) is 12.9. The zero-order valence-corrected chi connectivity index (χ0v) is 16.5. The molecule has 0 amide bonds. The average Bonchev–Trinajstić information content (AvgIpc) is 2.58. The van der Waals surface area contributed by atoms with Crippen LogP contribution in [0.1, 0.15) is 51.0 Å². The van der Waals surface area contributed by atoms with Crippen molar-refractivity contribution in [3.8, 4) is 11.5 Å². The molecule has 3 heterocycles. The molecule has 0 saturated carbocycles. The van der Waals surface area contributed by atoms with Gasteiger partial charge in [0.05, 0.1) is 35.2 Å². The van der Waals surface area contributed by atoms with Crippen LogP contribution in [0.2, 0.25) is 0 Å². The molecule has 136 valence electrons. The second-order valence-electron chi connectivity index (χ2n) is 8.98. The van der Waals surface area contributed by atoms with E-state index >= 15 is 0 Å². The lowest BCUT2D eigenvalue weighted by molar-refractivity contribution is -0.172. The largest absolute Gasteiger partial charge is 0.455 e. The maximum atomic E-state index is 6.15. The quantitative estimate of drug-likeness (QED) is 0.543. The van der Waals surface area contributed by atoms with Gasteiger partial charge in [0.25, 0.3) is 0 Å². The van der Waals surface area contributed by atoms with Gasteiger partial charge < -0.3 is 14.2 Å². The standard InChI is InChI=1S/C22H24O3S/c1-21(2)11-23-19(21)13-5-7-15-17(9-13)26-18-10-14(6-8-16(18)25-15)20-22(3,4)12-24-20/h5-10,19-20H,11-12H2,1-4H3. The molecule has 26 heavy (non-hydrogen) atoms. The SMILES string of the molecule is CC1(C)COC1c1ccc2c(c1)Sc1cc(C3OCC3(C)C)ccc1O2. The van der Waals surface area contributed by atoms with Crippen LogP contribution in [0.25, 0.3) is 0 Å². The van der Waals surface area contributed by atoms with E-state index in [4.69, 9.17) is 14.2 Å². The van der Waals surface area contributed by atoms with Crippen LogP contribution in [0.15, 0.2) is 46.2 Å². The van der Waals surface area contributed by atoms with Crippen LogP contribution in [0.4, 0.5) is 0 Å². The van der Waals surface area contributed by atoms with Crippen molar-refractivity contribution in [2.75, 3.05) is 13.2 Å². The Bertz CT molecular complexity index is 815. The molecule has 2 aromatic carbocycles. The summed E-state index contributed by atoms with van der Waals surface area (Å²) in [6.07, 6.45) is 0.343. The molecule has 3 aliphatic rings. The molecule has 5 rings (SSSR count). The van der Waals surface area contributed by atoms with E-state index < -0.39 is 0 Å². The summed E-state index contributed by atoms with van der Waals surface area (Å²) in [5.74, 6) is 1.85. The van der Waals surface area contributed by atoms with Crippen molar-refractivity contribution in [3.63, 3.8) is 0 Å². The fraction of sp³-hybridized carbons (Fsp3) is 0.455. The third kappa shape index (κ3) is 2.50. The molecule has 0 bridgehead atoms. The van der Waals surface area contributed by atoms with Crippen LogP contribution in [0, 0.1) is 10.8 Å². The molecule has 2 aromatic rings. The third-order valence-corrected chi connectivity index (χ3v) is 6.72. The average molecular weight is 368 g/mol. The van der Waals surface area contributed by atoms with Crippen molar-refractivity contribution in [1.29, 1.82) is 0 Å². The Hall–Kier alpha value is -1.49. The number of hydrogen-bond acceptors (Lipinski definition) is 4.